The molecule has 1 unspecified atom stereocenters. The van der Waals surface area contributed by atoms with Gasteiger partial charge < -0.3 is 15.8 Å². The Morgan fingerprint density at radius 3 is 2.27 bits per heavy atom. The molecule has 2 amide bonds. The number of rotatable bonds is 7. The molecule has 172 valence electrons. The lowest BCUT2D eigenvalue weighted by Gasteiger charge is -2.26. The second-order valence-electron chi connectivity index (χ2n) is 7.48. The summed E-state index contributed by atoms with van der Waals surface area (Å²) in [6.45, 7) is 3.94. The van der Waals surface area contributed by atoms with Crippen molar-refractivity contribution in [2.24, 2.45) is 5.73 Å². The Bertz CT molecular complexity index is 1040. The van der Waals surface area contributed by atoms with Gasteiger partial charge in [-0.3, -0.25) is 24.5 Å². The van der Waals surface area contributed by atoms with Gasteiger partial charge in [0.15, 0.2) is 0 Å². The predicted octanol–water partition coefficient (Wildman–Crippen LogP) is 0.316. The van der Waals surface area contributed by atoms with E-state index >= 15 is 0 Å². The summed E-state index contributed by atoms with van der Waals surface area (Å²) >= 11 is 0. The Morgan fingerprint density at radius 1 is 1.03 bits per heavy atom. The molecule has 2 aromatic rings. The largest absolute Gasteiger partial charge is 0.379 e. The van der Waals surface area contributed by atoms with Gasteiger partial charge in [0.25, 0.3) is 11.8 Å². The van der Waals surface area contributed by atoms with Crippen molar-refractivity contribution in [1.29, 1.82) is 0 Å². The van der Waals surface area contributed by atoms with Crippen LogP contribution in [0.2, 0.25) is 0 Å². The monoisotopic (exact) mass is 450 g/mol. The number of hydroxylamine groups is 1. The third kappa shape index (κ3) is 6.97. The Hall–Kier alpha value is -3.55. The van der Waals surface area contributed by atoms with Crippen LogP contribution in [0.3, 0.4) is 0 Å². The van der Waals surface area contributed by atoms with E-state index < -0.39 is 17.9 Å². The van der Waals surface area contributed by atoms with Crippen LogP contribution in [0.25, 0.3) is 0 Å². The van der Waals surface area contributed by atoms with Gasteiger partial charge >= 0.3 is 0 Å². The van der Waals surface area contributed by atoms with Gasteiger partial charge in [-0.2, -0.15) is 0 Å². The number of carbonyl (C=O) groups is 3. The lowest BCUT2D eigenvalue weighted by Crippen LogP contribution is -2.50. The van der Waals surface area contributed by atoms with Crippen molar-refractivity contribution in [3.05, 3.63) is 70.8 Å². The number of nitrogens with two attached hydrogens (primary N) is 1. The summed E-state index contributed by atoms with van der Waals surface area (Å²) in [7, 11) is 0. The van der Waals surface area contributed by atoms with Gasteiger partial charge in [-0.25, -0.2) is 5.48 Å². The first-order valence-corrected chi connectivity index (χ1v) is 10.5. The van der Waals surface area contributed by atoms with E-state index in [1.165, 1.54) is 17.6 Å². The van der Waals surface area contributed by atoms with Crippen LogP contribution in [0.15, 0.2) is 48.5 Å². The zero-order chi connectivity index (χ0) is 23.6. The van der Waals surface area contributed by atoms with Crippen molar-refractivity contribution in [3.8, 4) is 11.8 Å². The summed E-state index contributed by atoms with van der Waals surface area (Å²) < 4.78 is 5.35. The van der Waals surface area contributed by atoms with E-state index in [0.29, 0.717) is 11.1 Å². The molecule has 1 atom stereocenters. The third-order valence-corrected chi connectivity index (χ3v) is 5.16. The number of carbonyl (C=O) groups excluding carboxylic acids is 3. The van der Waals surface area contributed by atoms with E-state index in [0.717, 1.165) is 38.4 Å². The van der Waals surface area contributed by atoms with Crippen LogP contribution in [0.4, 0.5) is 0 Å². The number of ketones is 1. The molecule has 3 rings (SSSR count). The number of benzene rings is 2. The zero-order valence-corrected chi connectivity index (χ0v) is 18.0. The third-order valence-electron chi connectivity index (χ3n) is 5.16. The van der Waals surface area contributed by atoms with Crippen molar-refractivity contribution in [2.75, 3.05) is 32.8 Å². The molecule has 1 saturated heterocycles. The van der Waals surface area contributed by atoms with E-state index in [9.17, 15) is 14.4 Å². The highest BCUT2D eigenvalue weighted by Crippen LogP contribution is 2.10. The van der Waals surface area contributed by atoms with Gasteiger partial charge in [0, 0.05) is 42.9 Å². The standard InChI is InChI=1S/C24H26N4O5/c25-15-21(24(31)27-32)26-23(30)20-8-1-17(2-9-20)5-10-22(29)19-6-3-18(4-7-19)16-28-11-13-33-14-12-28/h1-4,6-9,21,32H,11-16,25H2,(H,26,30)(H,27,31). The fourth-order valence-corrected chi connectivity index (χ4v) is 3.24. The molecule has 1 fully saturated rings. The molecule has 1 heterocycles. The quantitative estimate of drug-likeness (QED) is 0.207. The smallest absolute Gasteiger partial charge is 0.267 e. The molecule has 0 aromatic heterocycles. The summed E-state index contributed by atoms with van der Waals surface area (Å²) in [6, 6.07) is 12.6. The molecule has 5 N–H and O–H groups in total. The Balaban J connectivity index is 1.57. The number of nitrogens with zero attached hydrogens (tertiary/aromatic N) is 1. The van der Waals surface area contributed by atoms with Crippen LogP contribution in [-0.2, 0) is 16.1 Å². The fraction of sp³-hybridized carbons (Fsp3) is 0.292. The summed E-state index contributed by atoms with van der Waals surface area (Å²) in [6.07, 6.45) is 0. The topological polar surface area (TPSA) is 134 Å². The summed E-state index contributed by atoms with van der Waals surface area (Å²) in [5.41, 5.74) is 9.36. The van der Waals surface area contributed by atoms with Gasteiger partial charge in [-0.15, -0.1) is 0 Å². The molecular weight excluding hydrogens is 424 g/mol. The Kier molecular flexibility index (Phi) is 8.69. The first kappa shape index (κ1) is 24.1. The SMILES string of the molecule is NCC(NC(=O)c1ccc(C#CC(=O)c2ccc(CN3CCOCC3)cc2)cc1)C(=O)NO. The molecule has 0 radical (unpaired) electrons. The maximum atomic E-state index is 12.4. The molecule has 1 aliphatic heterocycles. The highest BCUT2D eigenvalue weighted by Gasteiger charge is 2.19. The van der Waals surface area contributed by atoms with E-state index in [1.54, 1.807) is 24.3 Å². The molecule has 1 aliphatic rings. The van der Waals surface area contributed by atoms with Gasteiger partial charge in [-0.1, -0.05) is 30.2 Å². The summed E-state index contributed by atoms with van der Waals surface area (Å²) in [4.78, 5) is 38.4. The minimum Gasteiger partial charge on any atom is -0.379 e. The van der Waals surface area contributed by atoms with E-state index in [-0.39, 0.29) is 17.9 Å². The van der Waals surface area contributed by atoms with E-state index in [4.69, 9.17) is 15.7 Å². The zero-order valence-electron chi connectivity index (χ0n) is 18.0. The van der Waals surface area contributed by atoms with Crippen LogP contribution in [-0.4, -0.2) is 66.6 Å². The molecular formula is C24H26N4O5. The summed E-state index contributed by atoms with van der Waals surface area (Å²) in [5, 5.41) is 11.1. The maximum absolute atomic E-state index is 12.4. The van der Waals surface area contributed by atoms with Crippen molar-refractivity contribution < 1.29 is 24.3 Å². The second kappa shape index (κ2) is 11.9. The van der Waals surface area contributed by atoms with E-state index in [2.05, 4.69) is 22.1 Å². The second-order valence-corrected chi connectivity index (χ2v) is 7.48. The molecule has 0 aliphatic carbocycles. The van der Waals surface area contributed by atoms with Crippen molar-refractivity contribution in [1.82, 2.24) is 15.7 Å². The molecule has 0 bridgehead atoms. The molecule has 2 aromatic carbocycles. The Morgan fingerprint density at radius 2 is 1.67 bits per heavy atom. The normalized spacial score (nSPS) is 14.5. The van der Waals surface area contributed by atoms with Crippen LogP contribution < -0.4 is 16.5 Å². The van der Waals surface area contributed by atoms with Crippen LogP contribution in [0.1, 0.15) is 31.8 Å². The van der Waals surface area contributed by atoms with Gasteiger partial charge in [0.1, 0.15) is 6.04 Å². The number of nitrogens with one attached hydrogen (secondary N) is 2. The maximum Gasteiger partial charge on any atom is 0.267 e. The molecule has 33 heavy (non-hydrogen) atoms. The number of ether oxygens (including phenoxy) is 1. The highest BCUT2D eigenvalue weighted by molar-refractivity contribution is 6.09. The van der Waals surface area contributed by atoms with Gasteiger partial charge in [0.05, 0.1) is 13.2 Å². The van der Waals surface area contributed by atoms with Gasteiger partial charge in [-0.05, 0) is 35.7 Å². The number of Topliss-reactive ketones (excluding diaryl/α,β-unsaturated/α-hetero) is 1. The molecule has 0 spiro atoms. The minimum atomic E-state index is -1.06. The summed E-state index contributed by atoms with van der Waals surface area (Å²) in [5.74, 6) is 3.79. The fourth-order valence-electron chi connectivity index (χ4n) is 3.24. The number of morpholine rings is 1. The minimum absolute atomic E-state index is 0.169. The molecule has 9 nitrogen and oxygen atoms in total. The van der Waals surface area contributed by atoms with E-state index in [1.807, 2.05) is 12.1 Å². The van der Waals surface area contributed by atoms with Crippen LogP contribution >= 0.6 is 0 Å². The number of hydrogen-bond donors (Lipinski definition) is 4. The van der Waals surface area contributed by atoms with Crippen LogP contribution in [0, 0.1) is 11.8 Å². The average Bonchev–Trinajstić information content (AvgIpc) is 2.86. The lowest BCUT2D eigenvalue weighted by atomic mass is 10.1. The predicted molar refractivity (Wildman–Crippen MR) is 120 cm³/mol. The molecule has 9 heteroatoms. The van der Waals surface area contributed by atoms with Gasteiger partial charge in [0.2, 0.25) is 5.78 Å². The number of amides is 2. The average molecular weight is 450 g/mol. The van der Waals surface area contributed by atoms with Crippen LogP contribution in [0.5, 0.6) is 0 Å². The Labute approximate surface area is 191 Å². The van der Waals surface area contributed by atoms with Crippen molar-refractivity contribution >= 4 is 17.6 Å². The van der Waals surface area contributed by atoms with Crippen molar-refractivity contribution in [3.63, 3.8) is 0 Å². The lowest BCUT2D eigenvalue weighted by molar-refractivity contribution is -0.130. The molecule has 0 saturated carbocycles. The number of hydrogen-bond acceptors (Lipinski definition) is 7. The first-order valence-electron chi connectivity index (χ1n) is 10.5. The van der Waals surface area contributed by atoms with Crippen molar-refractivity contribution in [2.45, 2.75) is 12.6 Å². The first-order chi connectivity index (χ1) is 16.0. The highest BCUT2D eigenvalue weighted by atomic mass is 16.5.